The van der Waals surface area contributed by atoms with Crippen LogP contribution in [0.15, 0.2) is 0 Å². The molecule has 104 valence electrons. The molecule has 0 spiro atoms. The van der Waals surface area contributed by atoms with E-state index in [2.05, 4.69) is 5.32 Å². The van der Waals surface area contributed by atoms with Crippen LogP contribution in [-0.2, 0) is 9.59 Å². The van der Waals surface area contributed by atoms with Crippen LogP contribution < -0.4 is 11.1 Å². The van der Waals surface area contributed by atoms with Gasteiger partial charge in [-0.3, -0.25) is 9.59 Å². The van der Waals surface area contributed by atoms with Gasteiger partial charge >= 0.3 is 0 Å². The molecule has 0 saturated heterocycles. The summed E-state index contributed by atoms with van der Waals surface area (Å²) in [6, 6.07) is 0.134. The van der Waals surface area contributed by atoms with Gasteiger partial charge in [0.15, 0.2) is 0 Å². The van der Waals surface area contributed by atoms with E-state index >= 15 is 0 Å². The number of likely N-dealkylation sites (N-methyl/N-ethyl adjacent to an activating group) is 1. The second-order valence-electron chi connectivity index (χ2n) is 5.17. The van der Waals surface area contributed by atoms with Gasteiger partial charge in [0.1, 0.15) is 0 Å². The summed E-state index contributed by atoms with van der Waals surface area (Å²) in [5, 5.41) is 2.77. The van der Waals surface area contributed by atoms with Gasteiger partial charge in [0, 0.05) is 25.6 Å². The van der Waals surface area contributed by atoms with Crippen LogP contribution in [0.3, 0.4) is 0 Å². The van der Waals surface area contributed by atoms with Crippen molar-refractivity contribution in [2.45, 2.75) is 45.1 Å². The molecule has 0 bridgehead atoms. The van der Waals surface area contributed by atoms with E-state index in [0.29, 0.717) is 6.54 Å². The first-order chi connectivity index (χ1) is 8.54. The van der Waals surface area contributed by atoms with E-state index in [1.165, 1.54) is 4.90 Å². The first-order valence-electron chi connectivity index (χ1n) is 6.81. The molecule has 5 nitrogen and oxygen atoms in total. The Balaban J connectivity index is 2.38. The van der Waals surface area contributed by atoms with E-state index < -0.39 is 0 Å². The normalized spacial score (nSPS) is 23.5. The van der Waals surface area contributed by atoms with Crippen molar-refractivity contribution in [2.75, 3.05) is 20.1 Å². The van der Waals surface area contributed by atoms with Crippen LogP contribution in [0.2, 0.25) is 0 Å². The Hall–Kier alpha value is -1.10. The van der Waals surface area contributed by atoms with Crippen LogP contribution in [0.5, 0.6) is 0 Å². The summed E-state index contributed by atoms with van der Waals surface area (Å²) in [5.74, 6) is -0.0395. The van der Waals surface area contributed by atoms with E-state index in [9.17, 15) is 9.59 Å². The molecule has 3 N–H and O–H groups in total. The number of hydrogen-bond acceptors (Lipinski definition) is 3. The van der Waals surface area contributed by atoms with Gasteiger partial charge in [-0.2, -0.15) is 0 Å². The largest absolute Gasteiger partial charge is 0.355 e. The number of nitrogens with one attached hydrogen (secondary N) is 1. The van der Waals surface area contributed by atoms with Gasteiger partial charge in [-0.25, -0.2) is 0 Å². The minimum absolute atomic E-state index is 0.00211. The van der Waals surface area contributed by atoms with Gasteiger partial charge in [-0.1, -0.05) is 13.3 Å². The summed E-state index contributed by atoms with van der Waals surface area (Å²) in [6.07, 6.45) is 4.56. The molecule has 0 aromatic carbocycles. The molecule has 2 atom stereocenters. The second kappa shape index (κ2) is 7.36. The predicted molar refractivity (Wildman–Crippen MR) is 70.9 cm³/mol. The maximum Gasteiger partial charge on any atom is 0.239 e. The molecule has 5 heteroatoms. The van der Waals surface area contributed by atoms with E-state index in [1.54, 1.807) is 7.05 Å². The molecule has 2 amide bonds. The van der Waals surface area contributed by atoms with Gasteiger partial charge in [0.05, 0.1) is 6.54 Å². The zero-order valence-corrected chi connectivity index (χ0v) is 11.4. The van der Waals surface area contributed by atoms with Crippen LogP contribution in [0, 0.1) is 5.92 Å². The number of amides is 2. The zero-order valence-electron chi connectivity index (χ0n) is 11.4. The smallest absolute Gasteiger partial charge is 0.239 e. The number of hydrogen-bond donors (Lipinski definition) is 2. The fraction of sp³-hybridized carbons (Fsp3) is 0.846. The van der Waals surface area contributed by atoms with Crippen LogP contribution in [0.1, 0.15) is 39.0 Å². The average molecular weight is 255 g/mol. The maximum absolute atomic E-state index is 12.1. The van der Waals surface area contributed by atoms with Crippen LogP contribution in [0.25, 0.3) is 0 Å². The molecular weight excluding hydrogens is 230 g/mol. The van der Waals surface area contributed by atoms with Crippen LogP contribution >= 0.6 is 0 Å². The van der Waals surface area contributed by atoms with E-state index in [-0.39, 0.29) is 30.3 Å². The monoisotopic (exact) mass is 255 g/mol. The van der Waals surface area contributed by atoms with Crippen molar-refractivity contribution < 1.29 is 9.59 Å². The molecule has 1 aliphatic carbocycles. The molecule has 1 rings (SSSR count). The number of nitrogens with two attached hydrogens (primary N) is 1. The standard InChI is InChI=1S/C13H25N3O2/c1-3-7-15-12(17)9-16(2)13(18)10-5-4-6-11(14)8-10/h10-11H,3-9,14H2,1-2H3,(H,15,17). The molecular formula is C13H25N3O2. The van der Waals surface area contributed by atoms with Gasteiger partial charge in [-0.05, 0) is 25.7 Å². The van der Waals surface area contributed by atoms with Gasteiger partial charge in [0.2, 0.25) is 11.8 Å². The quantitative estimate of drug-likeness (QED) is 0.750. The first-order valence-corrected chi connectivity index (χ1v) is 6.81. The Bertz CT molecular complexity index is 294. The van der Waals surface area contributed by atoms with Crippen molar-refractivity contribution >= 4 is 11.8 Å². The summed E-state index contributed by atoms with van der Waals surface area (Å²) in [6.45, 7) is 2.80. The summed E-state index contributed by atoms with van der Waals surface area (Å²) in [4.78, 5) is 25.2. The molecule has 0 radical (unpaired) electrons. The lowest BCUT2D eigenvalue weighted by Gasteiger charge is -2.29. The molecule has 1 aliphatic rings. The minimum Gasteiger partial charge on any atom is -0.355 e. The number of nitrogens with zero attached hydrogens (tertiary/aromatic N) is 1. The molecule has 0 aliphatic heterocycles. The second-order valence-corrected chi connectivity index (χ2v) is 5.17. The third-order valence-electron chi connectivity index (χ3n) is 3.39. The Morgan fingerprint density at radius 2 is 2.11 bits per heavy atom. The Labute approximate surface area is 109 Å². The SMILES string of the molecule is CCCNC(=O)CN(C)C(=O)C1CCCC(N)C1. The van der Waals surface area contributed by atoms with Gasteiger partial charge in [0.25, 0.3) is 0 Å². The van der Waals surface area contributed by atoms with E-state index in [1.807, 2.05) is 6.92 Å². The highest BCUT2D eigenvalue weighted by molar-refractivity contribution is 5.85. The van der Waals surface area contributed by atoms with Gasteiger partial charge in [-0.15, -0.1) is 0 Å². The van der Waals surface area contributed by atoms with Crippen LogP contribution in [-0.4, -0.2) is 42.9 Å². The summed E-state index contributed by atoms with van der Waals surface area (Å²) < 4.78 is 0. The first kappa shape index (κ1) is 15.0. The number of rotatable bonds is 5. The molecule has 1 fully saturated rings. The zero-order chi connectivity index (χ0) is 13.5. The highest BCUT2D eigenvalue weighted by atomic mass is 16.2. The Morgan fingerprint density at radius 1 is 1.39 bits per heavy atom. The lowest BCUT2D eigenvalue weighted by molar-refractivity contribution is -0.139. The third kappa shape index (κ3) is 4.64. The van der Waals surface area contributed by atoms with E-state index in [0.717, 1.165) is 32.1 Å². The highest BCUT2D eigenvalue weighted by Gasteiger charge is 2.28. The van der Waals surface area contributed by atoms with Crippen molar-refractivity contribution in [3.63, 3.8) is 0 Å². The van der Waals surface area contributed by atoms with Crippen molar-refractivity contribution in [1.82, 2.24) is 10.2 Å². The fourth-order valence-corrected chi connectivity index (χ4v) is 2.38. The topological polar surface area (TPSA) is 75.4 Å². The molecule has 1 saturated carbocycles. The Morgan fingerprint density at radius 3 is 2.72 bits per heavy atom. The minimum atomic E-state index is -0.0900. The highest BCUT2D eigenvalue weighted by Crippen LogP contribution is 2.24. The Kier molecular flexibility index (Phi) is 6.12. The average Bonchev–Trinajstić information content (AvgIpc) is 2.35. The predicted octanol–water partition coefficient (Wildman–Crippen LogP) is 0.489. The lowest BCUT2D eigenvalue weighted by Crippen LogP contribution is -2.43. The molecule has 0 aromatic heterocycles. The molecule has 18 heavy (non-hydrogen) atoms. The lowest BCUT2D eigenvalue weighted by atomic mass is 9.85. The van der Waals surface area contributed by atoms with Crippen LogP contribution in [0.4, 0.5) is 0 Å². The third-order valence-corrected chi connectivity index (χ3v) is 3.39. The number of carbonyl (C=O) groups is 2. The van der Waals surface area contributed by atoms with Gasteiger partial charge < -0.3 is 16.0 Å². The van der Waals surface area contributed by atoms with Crippen molar-refractivity contribution in [1.29, 1.82) is 0 Å². The summed E-state index contributed by atoms with van der Waals surface area (Å²) >= 11 is 0. The number of carbonyl (C=O) groups excluding carboxylic acids is 2. The molecule has 0 aromatic rings. The molecule has 0 heterocycles. The van der Waals surface area contributed by atoms with Crippen molar-refractivity contribution in [3.05, 3.63) is 0 Å². The van der Waals surface area contributed by atoms with E-state index in [4.69, 9.17) is 5.73 Å². The molecule has 2 unspecified atom stereocenters. The summed E-state index contributed by atoms with van der Waals surface area (Å²) in [7, 11) is 1.69. The van der Waals surface area contributed by atoms with Crippen molar-refractivity contribution in [3.8, 4) is 0 Å². The van der Waals surface area contributed by atoms with Crippen molar-refractivity contribution in [2.24, 2.45) is 11.7 Å². The maximum atomic E-state index is 12.1. The fourth-order valence-electron chi connectivity index (χ4n) is 2.38. The summed E-state index contributed by atoms with van der Waals surface area (Å²) in [5.41, 5.74) is 5.88.